The van der Waals surface area contributed by atoms with Gasteiger partial charge in [0.25, 0.3) is 0 Å². The van der Waals surface area contributed by atoms with Crippen molar-refractivity contribution in [3.63, 3.8) is 0 Å². The Morgan fingerprint density at radius 3 is 1.73 bits per heavy atom. The minimum Gasteiger partial charge on any atom is -0.508 e. The maximum atomic E-state index is 13.7. The first kappa shape index (κ1) is 25.7. The number of hydrogen-bond donors (Lipinski definition) is 2. The van der Waals surface area contributed by atoms with Crippen LogP contribution >= 0.6 is 0 Å². The summed E-state index contributed by atoms with van der Waals surface area (Å²) in [5.41, 5.74) is 4.03. The third-order valence-corrected chi connectivity index (χ3v) is 6.58. The Kier molecular flexibility index (Phi) is 8.37. The van der Waals surface area contributed by atoms with Gasteiger partial charge in [0.15, 0.2) is 5.78 Å². The van der Waals surface area contributed by atoms with Crippen LogP contribution in [0.2, 0.25) is 0 Å². The lowest BCUT2D eigenvalue weighted by atomic mass is 9.94. The highest BCUT2D eigenvalue weighted by Gasteiger charge is 2.23. The number of phenols is 2. The average molecular weight is 494 g/mol. The Morgan fingerprint density at radius 1 is 0.676 bits per heavy atom. The second-order valence-electron chi connectivity index (χ2n) is 9.20. The molecule has 4 aromatic rings. The van der Waals surface area contributed by atoms with Gasteiger partial charge >= 0.3 is 0 Å². The number of ketones is 1. The van der Waals surface area contributed by atoms with Crippen LogP contribution in [-0.2, 0) is 17.6 Å². The highest BCUT2D eigenvalue weighted by molar-refractivity contribution is 6.09. The molecule has 0 fully saturated rings. The molecule has 0 spiro atoms. The molecule has 1 amide bonds. The number of hydrogen-bond acceptors (Lipinski definition) is 4. The summed E-state index contributed by atoms with van der Waals surface area (Å²) in [6.45, 7) is 2.92. The van der Waals surface area contributed by atoms with Crippen molar-refractivity contribution in [1.29, 1.82) is 0 Å². The quantitative estimate of drug-likeness (QED) is 0.276. The minimum absolute atomic E-state index is 0.0122. The molecule has 4 aromatic carbocycles. The maximum absolute atomic E-state index is 13.7. The monoisotopic (exact) mass is 493 g/mol. The van der Waals surface area contributed by atoms with E-state index in [1.165, 1.54) is 0 Å². The normalized spacial score (nSPS) is 11.6. The molecule has 188 valence electrons. The van der Waals surface area contributed by atoms with E-state index in [1.807, 2.05) is 72.5 Å². The van der Waals surface area contributed by atoms with Crippen LogP contribution in [-0.4, -0.2) is 39.9 Å². The fraction of sp³-hybridized carbons (Fsp3) is 0.188. The Bertz CT molecular complexity index is 1280. The van der Waals surface area contributed by atoms with E-state index in [2.05, 4.69) is 0 Å². The second kappa shape index (κ2) is 12.0. The van der Waals surface area contributed by atoms with Crippen molar-refractivity contribution in [1.82, 2.24) is 4.90 Å². The van der Waals surface area contributed by atoms with Crippen molar-refractivity contribution >= 4 is 11.7 Å². The smallest absolute Gasteiger partial charge is 0.229 e. The maximum Gasteiger partial charge on any atom is 0.229 e. The molecule has 37 heavy (non-hydrogen) atoms. The van der Waals surface area contributed by atoms with Crippen molar-refractivity contribution < 1.29 is 19.8 Å². The number of benzene rings is 4. The lowest BCUT2D eigenvalue weighted by Crippen LogP contribution is -2.37. The summed E-state index contributed by atoms with van der Waals surface area (Å²) in [5.74, 6) is -0.0891. The molecule has 0 saturated heterocycles. The number of carbonyl (C=O) groups is 2. The summed E-state index contributed by atoms with van der Waals surface area (Å²) in [5, 5.41) is 19.2. The predicted octanol–water partition coefficient (Wildman–Crippen LogP) is 5.75. The van der Waals surface area contributed by atoms with Gasteiger partial charge in [-0.25, -0.2) is 0 Å². The van der Waals surface area contributed by atoms with Crippen LogP contribution in [0, 0.1) is 0 Å². The molecule has 0 aliphatic heterocycles. The third kappa shape index (κ3) is 6.85. The van der Waals surface area contributed by atoms with Crippen LogP contribution in [0.5, 0.6) is 11.5 Å². The fourth-order valence-corrected chi connectivity index (χ4v) is 4.31. The lowest BCUT2D eigenvalue weighted by molar-refractivity contribution is -0.132. The SMILES string of the molecule is C[C@H](C(=O)N(CCc1ccc(O)cc1)CCc1ccc(O)cc1)c1cccc(C(=O)c2ccccc2)c1. The Labute approximate surface area is 217 Å². The molecule has 5 heteroatoms. The van der Waals surface area contributed by atoms with Gasteiger partial charge in [0.2, 0.25) is 5.91 Å². The van der Waals surface area contributed by atoms with Crippen LogP contribution < -0.4 is 0 Å². The van der Waals surface area contributed by atoms with Gasteiger partial charge in [-0.05, 0) is 66.8 Å². The van der Waals surface area contributed by atoms with E-state index in [9.17, 15) is 19.8 Å². The first-order valence-electron chi connectivity index (χ1n) is 12.4. The molecular formula is C32H31NO4. The van der Waals surface area contributed by atoms with Crippen LogP contribution in [0.15, 0.2) is 103 Å². The average Bonchev–Trinajstić information content (AvgIpc) is 2.94. The number of phenolic OH excluding ortho intramolecular Hbond substituents is 2. The van der Waals surface area contributed by atoms with Crippen molar-refractivity contribution in [3.8, 4) is 11.5 Å². The second-order valence-corrected chi connectivity index (χ2v) is 9.20. The summed E-state index contributed by atoms with van der Waals surface area (Å²) < 4.78 is 0. The predicted molar refractivity (Wildman–Crippen MR) is 145 cm³/mol. The molecule has 0 radical (unpaired) electrons. The Hall–Kier alpha value is -4.38. The van der Waals surface area contributed by atoms with E-state index in [4.69, 9.17) is 0 Å². The van der Waals surface area contributed by atoms with Crippen molar-refractivity contribution in [2.75, 3.05) is 13.1 Å². The molecule has 0 heterocycles. The largest absolute Gasteiger partial charge is 0.508 e. The summed E-state index contributed by atoms with van der Waals surface area (Å²) >= 11 is 0. The number of nitrogens with zero attached hydrogens (tertiary/aromatic N) is 1. The topological polar surface area (TPSA) is 77.8 Å². The van der Waals surface area contributed by atoms with Gasteiger partial charge in [0.1, 0.15) is 11.5 Å². The van der Waals surface area contributed by atoms with Gasteiger partial charge in [-0.3, -0.25) is 9.59 Å². The summed E-state index contributed by atoms with van der Waals surface area (Å²) in [6.07, 6.45) is 1.31. The van der Waals surface area contributed by atoms with Crippen molar-refractivity contribution in [2.45, 2.75) is 25.7 Å². The minimum atomic E-state index is -0.428. The number of aromatic hydroxyl groups is 2. The molecule has 4 rings (SSSR count). The number of carbonyl (C=O) groups excluding carboxylic acids is 2. The lowest BCUT2D eigenvalue weighted by Gasteiger charge is -2.26. The molecule has 2 N–H and O–H groups in total. The van der Waals surface area contributed by atoms with Crippen molar-refractivity contribution in [2.24, 2.45) is 0 Å². The summed E-state index contributed by atoms with van der Waals surface area (Å²) in [6, 6.07) is 30.5. The fourth-order valence-electron chi connectivity index (χ4n) is 4.31. The Balaban J connectivity index is 1.51. The summed E-state index contributed by atoms with van der Waals surface area (Å²) in [7, 11) is 0. The van der Waals surface area contributed by atoms with E-state index in [0.717, 1.165) is 16.7 Å². The standard InChI is InChI=1S/C32H31NO4/c1-23(27-8-5-9-28(22-27)31(36)26-6-3-2-4-7-26)32(37)33(20-18-24-10-14-29(34)15-11-24)21-19-25-12-16-30(35)17-13-25/h2-17,22-23,34-35H,18-21H2,1H3/t23-/m0/s1. The molecule has 0 aliphatic rings. The zero-order valence-electron chi connectivity index (χ0n) is 20.9. The van der Waals surface area contributed by atoms with E-state index in [0.29, 0.717) is 37.1 Å². The van der Waals surface area contributed by atoms with Gasteiger partial charge in [-0.1, -0.05) is 72.8 Å². The van der Waals surface area contributed by atoms with Crippen LogP contribution in [0.25, 0.3) is 0 Å². The van der Waals surface area contributed by atoms with Crippen LogP contribution in [0.1, 0.15) is 45.5 Å². The highest BCUT2D eigenvalue weighted by atomic mass is 16.3. The molecule has 0 unspecified atom stereocenters. The molecule has 0 aromatic heterocycles. The molecule has 0 saturated carbocycles. The molecule has 1 atom stereocenters. The van der Waals surface area contributed by atoms with Gasteiger partial charge < -0.3 is 15.1 Å². The van der Waals surface area contributed by atoms with Gasteiger partial charge in [-0.2, -0.15) is 0 Å². The molecule has 0 bridgehead atoms. The van der Waals surface area contributed by atoms with Gasteiger partial charge in [0, 0.05) is 24.2 Å². The summed E-state index contributed by atoms with van der Waals surface area (Å²) in [4.78, 5) is 28.5. The Morgan fingerprint density at radius 2 is 1.19 bits per heavy atom. The van der Waals surface area contributed by atoms with Gasteiger partial charge in [-0.15, -0.1) is 0 Å². The highest BCUT2D eigenvalue weighted by Crippen LogP contribution is 2.22. The van der Waals surface area contributed by atoms with Crippen molar-refractivity contribution in [3.05, 3.63) is 131 Å². The van der Waals surface area contributed by atoms with E-state index >= 15 is 0 Å². The van der Waals surface area contributed by atoms with E-state index in [-0.39, 0.29) is 23.2 Å². The van der Waals surface area contributed by atoms with E-state index < -0.39 is 5.92 Å². The molecule has 0 aliphatic carbocycles. The molecular weight excluding hydrogens is 462 g/mol. The van der Waals surface area contributed by atoms with Crippen LogP contribution in [0.4, 0.5) is 0 Å². The third-order valence-electron chi connectivity index (χ3n) is 6.58. The zero-order valence-corrected chi connectivity index (χ0v) is 20.9. The van der Waals surface area contributed by atoms with Crippen LogP contribution in [0.3, 0.4) is 0 Å². The molecule has 5 nitrogen and oxygen atoms in total. The first-order valence-corrected chi connectivity index (χ1v) is 12.4. The number of rotatable bonds is 10. The first-order chi connectivity index (χ1) is 17.9. The number of amides is 1. The van der Waals surface area contributed by atoms with Gasteiger partial charge in [0.05, 0.1) is 5.92 Å². The zero-order chi connectivity index (χ0) is 26.2. The van der Waals surface area contributed by atoms with E-state index in [1.54, 1.807) is 42.5 Å².